The van der Waals surface area contributed by atoms with Crippen LogP contribution in [0.3, 0.4) is 0 Å². The highest BCUT2D eigenvalue weighted by molar-refractivity contribution is 5.99. The smallest absolute Gasteiger partial charge is 0.254 e. The number of para-hydroxylation sites is 2. The van der Waals surface area contributed by atoms with Crippen LogP contribution >= 0.6 is 0 Å². The van der Waals surface area contributed by atoms with Crippen molar-refractivity contribution in [2.45, 2.75) is 12.5 Å². The third-order valence-electron chi connectivity index (χ3n) is 5.02. The van der Waals surface area contributed by atoms with E-state index in [4.69, 9.17) is 4.74 Å². The average molecular weight is 390 g/mol. The van der Waals surface area contributed by atoms with Crippen LogP contribution in [0, 0.1) is 0 Å². The van der Waals surface area contributed by atoms with Crippen molar-refractivity contribution < 1.29 is 14.3 Å². The number of carbonyl (C=O) groups excluding carboxylic acids is 2. The topological polar surface area (TPSA) is 76.5 Å². The van der Waals surface area contributed by atoms with Gasteiger partial charge in [-0.25, -0.2) is 0 Å². The zero-order valence-electron chi connectivity index (χ0n) is 16.3. The molecule has 2 amide bonds. The van der Waals surface area contributed by atoms with E-state index in [9.17, 15) is 9.59 Å². The van der Waals surface area contributed by atoms with Crippen molar-refractivity contribution in [2.75, 3.05) is 19.0 Å². The molecule has 1 unspecified atom stereocenters. The Labute approximate surface area is 168 Å². The molecule has 1 aliphatic heterocycles. The fourth-order valence-electron chi connectivity index (χ4n) is 3.64. The zero-order chi connectivity index (χ0) is 20.4. The normalized spacial score (nSPS) is 15.5. The monoisotopic (exact) mass is 390 g/mol. The number of fused-ring (bicyclic) bond motifs is 1. The van der Waals surface area contributed by atoms with E-state index in [1.54, 1.807) is 41.0 Å². The standard InChI is InChI=1S/C22H22N4O3/c1-25-12-16-13-26(22(28)15-8-4-3-5-9-15)14-17(20(16)24-25)21(27)23-18-10-6-7-11-19(18)29-2/h3-12,17H,13-14H2,1-2H3,(H,23,27). The molecule has 0 bridgehead atoms. The molecular formula is C22H22N4O3. The Kier molecular flexibility index (Phi) is 5.03. The van der Waals surface area contributed by atoms with Gasteiger partial charge in [-0.15, -0.1) is 0 Å². The second-order valence-electron chi connectivity index (χ2n) is 7.01. The molecule has 4 rings (SSSR count). The van der Waals surface area contributed by atoms with Crippen LogP contribution in [0.25, 0.3) is 0 Å². The molecule has 2 aromatic carbocycles. The maximum Gasteiger partial charge on any atom is 0.254 e. The minimum atomic E-state index is -0.572. The van der Waals surface area contributed by atoms with Gasteiger partial charge in [0.2, 0.25) is 5.91 Å². The van der Waals surface area contributed by atoms with Crippen molar-refractivity contribution in [3.8, 4) is 5.75 Å². The number of aromatic nitrogens is 2. The van der Waals surface area contributed by atoms with Crippen molar-refractivity contribution in [2.24, 2.45) is 7.05 Å². The van der Waals surface area contributed by atoms with Gasteiger partial charge in [-0.2, -0.15) is 5.10 Å². The molecule has 2 heterocycles. The molecule has 0 radical (unpaired) electrons. The van der Waals surface area contributed by atoms with Gasteiger partial charge in [0.05, 0.1) is 18.5 Å². The molecule has 1 atom stereocenters. The van der Waals surface area contributed by atoms with Gasteiger partial charge < -0.3 is 15.0 Å². The average Bonchev–Trinajstić information content (AvgIpc) is 3.13. The molecule has 7 nitrogen and oxygen atoms in total. The Hall–Kier alpha value is -3.61. The van der Waals surface area contributed by atoms with Crippen LogP contribution in [0.2, 0.25) is 0 Å². The number of aryl methyl sites for hydroxylation is 1. The molecule has 29 heavy (non-hydrogen) atoms. The van der Waals surface area contributed by atoms with Gasteiger partial charge in [-0.05, 0) is 24.3 Å². The number of amides is 2. The van der Waals surface area contributed by atoms with E-state index in [2.05, 4.69) is 10.4 Å². The lowest BCUT2D eigenvalue weighted by Gasteiger charge is -2.31. The predicted molar refractivity (Wildman–Crippen MR) is 109 cm³/mol. The second kappa shape index (κ2) is 7.79. The Balaban J connectivity index is 1.62. The Morgan fingerprint density at radius 3 is 2.59 bits per heavy atom. The quantitative estimate of drug-likeness (QED) is 0.743. The highest BCUT2D eigenvalue weighted by atomic mass is 16.5. The van der Waals surface area contributed by atoms with Gasteiger partial charge in [0.1, 0.15) is 11.7 Å². The molecule has 0 spiro atoms. The lowest BCUT2D eigenvalue weighted by atomic mass is 9.95. The Morgan fingerprint density at radius 2 is 1.83 bits per heavy atom. The van der Waals surface area contributed by atoms with Gasteiger partial charge in [-0.3, -0.25) is 14.3 Å². The third-order valence-corrected chi connectivity index (χ3v) is 5.02. The van der Waals surface area contributed by atoms with Crippen molar-refractivity contribution in [3.63, 3.8) is 0 Å². The molecule has 0 fully saturated rings. The Morgan fingerprint density at radius 1 is 1.10 bits per heavy atom. The number of ether oxygens (including phenoxy) is 1. The number of hydrogen-bond donors (Lipinski definition) is 1. The summed E-state index contributed by atoms with van der Waals surface area (Å²) >= 11 is 0. The summed E-state index contributed by atoms with van der Waals surface area (Å²) in [6.07, 6.45) is 1.86. The van der Waals surface area contributed by atoms with Crippen LogP contribution < -0.4 is 10.1 Å². The number of rotatable bonds is 4. The van der Waals surface area contributed by atoms with Gasteiger partial charge in [0, 0.05) is 37.5 Å². The van der Waals surface area contributed by atoms with Crippen LogP contribution in [-0.4, -0.2) is 40.1 Å². The fourth-order valence-corrected chi connectivity index (χ4v) is 3.64. The number of nitrogens with one attached hydrogen (secondary N) is 1. The van der Waals surface area contributed by atoms with E-state index in [1.807, 2.05) is 43.6 Å². The van der Waals surface area contributed by atoms with Gasteiger partial charge in [0.15, 0.2) is 0 Å². The zero-order valence-corrected chi connectivity index (χ0v) is 16.3. The van der Waals surface area contributed by atoms with Gasteiger partial charge >= 0.3 is 0 Å². The summed E-state index contributed by atoms with van der Waals surface area (Å²) < 4.78 is 7.01. The second-order valence-corrected chi connectivity index (χ2v) is 7.01. The summed E-state index contributed by atoms with van der Waals surface area (Å²) in [5.41, 5.74) is 2.77. The fraction of sp³-hybridized carbons (Fsp3) is 0.227. The van der Waals surface area contributed by atoms with Crippen molar-refractivity contribution >= 4 is 17.5 Å². The molecule has 1 aromatic heterocycles. The predicted octanol–water partition coefficient (Wildman–Crippen LogP) is 2.81. The molecule has 0 aliphatic carbocycles. The molecule has 0 saturated carbocycles. The summed E-state index contributed by atoms with van der Waals surface area (Å²) in [6, 6.07) is 16.3. The summed E-state index contributed by atoms with van der Waals surface area (Å²) in [4.78, 5) is 27.8. The first-order chi connectivity index (χ1) is 14.1. The lowest BCUT2D eigenvalue weighted by Crippen LogP contribution is -2.42. The van der Waals surface area contributed by atoms with Crippen molar-refractivity contribution in [1.82, 2.24) is 14.7 Å². The van der Waals surface area contributed by atoms with E-state index in [-0.39, 0.29) is 18.4 Å². The van der Waals surface area contributed by atoms with Crippen LogP contribution in [0.1, 0.15) is 27.5 Å². The van der Waals surface area contributed by atoms with Crippen LogP contribution in [0.15, 0.2) is 60.8 Å². The van der Waals surface area contributed by atoms with E-state index in [1.165, 1.54) is 0 Å². The minimum absolute atomic E-state index is 0.102. The number of carbonyl (C=O) groups is 2. The highest BCUT2D eigenvalue weighted by Crippen LogP contribution is 2.31. The van der Waals surface area contributed by atoms with Gasteiger partial charge in [-0.1, -0.05) is 30.3 Å². The van der Waals surface area contributed by atoms with Crippen molar-refractivity contribution in [1.29, 1.82) is 0 Å². The minimum Gasteiger partial charge on any atom is -0.495 e. The SMILES string of the molecule is COc1ccccc1NC(=O)C1CN(C(=O)c2ccccc2)Cc2cn(C)nc21. The number of anilines is 1. The third kappa shape index (κ3) is 3.71. The summed E-state index contributed by atoms with van der Waals surface area (Å²) in [5, 5.41) is 7.42. The van der Waals surface area contributed by atoms with Crippen LogP contribution in [0.5, 0.6) is 5.75 Å². The molecule has 3 aromatic rings. The van der Waals surface area contributed by atoms with E-state index >= 15 is 0 Å². The summed E-state index contributed by atoms with van der Waals surface area (Å²) in [7, 11) is 3.37. The molecular weight excluding hydrogens is 368 g/mol. The van der Waals surface area contributed by atoms with E-state index in [0.29, 0.717) is 29.2 Å². The molecule has 148 valence electrons. The maximum absolute atomic E-state index is 13.2. The van der Waals surface area contributed by atoms with E-state index in [0.717, 1.165) is 5.56 Å². The first kappa shape index (κ1) is 18.7. The first-order valence-electron chi connectivity index (χ1n) is 9.37. The summed E-state index contributed by atoms with van der Waals surface area (Å²) in [6.45, 7) is 0.689. The molecule has 1 N–H and O–H groups in total. The number of methoxy groups -OCH3 is 1. The number of benzene rings is 2. The summed E-state index contributed by atoms with van der Waals surface area (Å²) in [5.74, 6) is -0.317. The van der Waals surface area contributed by atoms with Crippen molar-refractivity contribution in [3.05, 3.63) is 77.6 Å². The number of nitrogens with zero attached hydrogens (tertiary/aromatic N) is 3. The Bertz CT molecular complexity index is 1050. The van der Waals surface area contributed by atoms with E-state index < -0.39 is 5.92 Å². The molecule has 0 saturated heterocycles. The molecule has 1 aliphatic rings. The first-order valence-corrected chi connectivity index (χ1v) is 9.37. The molecule has 7 heteroatoms. The lowest BCUT2D eigenvalue weighted by molar-refractivity contribution is -0.118. The van der Waals surface area contributed by atoms with Gasteiger partial charge in [0.25, 0.3) is 5.91 Å². The van der Waals surface area contributed by atoms with Crippen LogP contribution in [-0.2, 0) is 18.4 Å². The largest absolute Gasteiger partial charge is 0.495 e. The maximum atomic E-state index is 13.2. The van der Waals surface area contributed by atoms with Crippen LogP contribution in [0.4, 0.5) is 5.69 Å². The number of hydrogen-bond acceptors (Lipinski definition) is 4. The highest BCUT2D eigenvalue weighted by Gasteiger charge is 2.35.